The molecule has 1 heterocycles. The van der Waals surface area contributed by atoms with E-state index in [-0.39, 0.29) is 11.7 Å². The lowest BCUT2D eigenvalue weighted by atomic mass is 10.0. The van der Waals surface area contributed by atoms with Gasteiger partial charge in [0.2, 0.25) is 15.9 Å². The van der Waals surface area contributed by atoms with Gasteiger partial charge in [-0.15, -0.1) is 0 Å². The Morgan fingerprint density at radius 1 is 1.12 bits per heavy atom. The third-order valence-electron chi connectivity index (χ3n) is 4.65. The predicted molar refractivity (Wildman–Crippen MR) is 105 cm³/mol. The molecule has 1 saturated heterocycles. The minimum absolute atomic E-state index is 0.0277. The van der Waals surface area contributed by atoms with Gasteiger partial charge in [-0.3, -0.25) is 9.10 Å². The predicted octanol–water partition coefficient (Wildman–Crippen LogP) is 3.50. The van der Waals surface area contributed by atoms with Gasteiger partial charge >= 0.3 is 0 Å². The van der Waals surface area contributed by atoms with Crippen LogP contribution in [0.2, 0.25) is 0 Å². The Hall–Kier alpha value is -2.34. The summed E-state index contributed by atoms with van der Waals surface area (Å²) in [5.74, 6) is 0.173. The van der Waals surface area contributed by atoms with Crippen LogP contribution in [0.1, 0.15) is 30.4 Å². The molecule has 1 aliphatic rings. The number of anilines is 2. The second-order valence-corrected chi connectivity index (χ2v) is 8.63. The van der Waals surface area contributed by atoms with E-state index in [1.54, 1.807) is 24.3 Å². The largest absolute Gasteiger partial charge is 0.326 e. The minimum atomic E-state index is -3.17. The standard InChI is InChI=1S/C20H24N2O3S/c1-16-6-2-3-7-17(16)8-4-9-20(23)21-18-10-12-19(13-11-18)22-14-5-15-26(22,24)25/h2-3,6-7,10-13H,4-5,8-9,14-15H2,1H3,(H,21,23). The van der Waals surface area contributed by atoms with Crippen LogP contribution in [0, 0.1) is 6.92 Å². The van der Waals surface area contributed by atoms with Gasteiger partial charge in [0.15, 0.2) is 0 Å². The molecule has 0 aromatic heterocycles. The van der Waals surface area contributed by atoms with Crippen LogP contribution in [-0.2, 0) is 21.2 Å². The van der Waals surface area contributed by atoms with E-state index in [1.807, 2.05) is 12.1 Å². The van der Waals surface area contributed by atoms with E-state index >= 15 is 0 Å². The highest BCUT2D eigenvalue weighted by Crippen LogP contribution is 2.25. The van der Waals surface area contributed by atoms with Crippen molar-refractivity contribution in [1.29, 1.82) is 0 Å². The van der Waals surface area contributed by atoms with Gasteiger partial charge in [-0.1, -0.05) is 24.3 Å². The van der Waals surface area contributed by atoms with Crippen molar-refractivity contribution in [2.75, 3.05) is 21.9 Å². The molecule has 138 valence electrons. The Morgan fingerprint density at radius 2 is 1.85 bits per heavy atom. The van der Waals surface area contributed by atoms with E-state index < -0.39 is 10.0 Å². The molecule has 6 heteroatoms. The summed E-state index contributed by atoms with van der Waals surface area (Å²) in [4.78, 5) is 12.1. The summed E-state index contributed by atoms with van der Waals surface area (Å²) in [5, 5.41) is 2.87. The van der Waals surface area contributed by atoms with Gasteiger partial charge < -0.3 is 5.32 Å². The quantitative estimate of drug-likeness (QED) is 0.844. The Labute approximate surface area is 155 Å². The van der Waals surface area contributed by atoms with Crippen molar-refractivity contribution in [1.82, 2.24) is 0 Å². The minimum Gasteiger partial charge on any atom is -0.326 e. The maximum absolute atomic E-state index is 12.1. The normalized spacial score (nSPS) is 15.8. The fourth-order valence-electron chi connectivity index (χ4n) is 3.19. The van der Waals surface area contributed by atoms with Crippen molar-refractivity contribution in [3.8, 4) is 0 Å². The molecule has 0 bridgehead atoms. The molecule has 0 atom stereocenters. The Kier molecular flexibility index (Phi) is 5.61. The molecule has 2 aromatic rings. The fraction of sp³-hybridized carbons (Fsp3) is 0.350. The molecule has 0 saturated carbocycles. The number of nitrogens with zero attached hydrogens (tertiary/aromatic N) is 1. The number of carbonyl (C=O) groups is 1. The average molecular weight is 372 g/mol. The zero-order valence-electron chi connectivity index (χ0n) is 14.9. The molecule has 5 nitrogen and oxygen atoms in total. The summed E-state index contributed by atoms with van der Waals surface area (Å²) in [5.41, 5.74) is 3.86. The van der Waals surface area contributed by atoms with Crippen LogP contribution in [0.4, 0.5) is 11.4 Å². The summed E-state index contributed by atoms with van der Waals surface area (Å²) < 4.78 is 25.3. The van der Waals surface area contributed by atoms with Crippen LogP contribution in [0.15, 0.2) is 48.5 Å². The molecule has 2 aromatic carbocycles. The number of carbonyl (C=O) groups excluding carboxylic acids is 1. The number of sulfonamides is 1. The van der Waals surface area contributed by atoms with Crippen LogP contribution in [0.5, 0.6) is 0 Å². The van der Waals surface area contributed by atoms with E-state index in [1.165, 1.54) is 15.4 Å². The van der Waals surface area contributed by atoms with Gasteiger partial charge in [-0.05, 0) is 61.6 Å². The highest BCUT2D eigenvalue weighted by molar-refractivity contribution is 7.93. The summed E-state index contributed by atoms with van der Waals surface area (Å²) in [7, 11) is -3.17. The number of rotatable bonds is 6. The molecule has 1 amide bonds. The number of nitrogens with one attached hydrogen (secondary N) is 1. The number of hydrogen-bond donors (Lipinski definition) is 1. The van der Waals surface area contributed by atoms with Gasteiger partial charge in [-0.2, -0.15) is 0 Å². The smallest absolute Gasteiger partial charge is 0.235 e. The topological polar surface area (TPSA) is 66.5 Å². The number of amides is 1. The average Bonchev–Trinajstić information content (AvgIpc) is 2.96. The van der Waals surface area contributed by atoms with Crippen LogP contribution in [0.25, 0.3) is 0 Å². The van der Waals surface area contributed by atoms with Crippen LogP contribution in [0.3, 0.4) is 0 Å². The lowest BCUT2D eigenvalue weighted by Gasteiger charge is -2.17. The van der Waals surface area contributed by atoms with Crippen molar-refractivity contribution < 1.29 is 13.2 Å². The van der Waals surface area contributed by atoms with Crippen molar-refractivity contribution in [2.45, 2.75) is 32.6 Å². The Balaban J connectivity index is 1.51. The first-order chi connectivity index (χ1) is 12.5. The molecule has 26 heavy (non-hydrogen) atoms. The summed E-state index contributed by atoms with van der Waals surface area (Å²) in [6, 6.07) is 15.2. The summed E-state index contributed by atoms with van der Waals surface area (Å²) in [6.45, 7) is 2.60. The third-order valence-corrected chi connectivity index (χ3v) is 6.52. The highest BCUT2D eigenvalue weighted by atomic mass is 32.2. The van der Waals surface area contributed by atoms with Crippen LogP contribution >= 0.6 is 0 Å². The van der Waals surface area contributed by atoms with Crippen molar-refractivity contribution in [3.63, 3.8) is 0 Å². The van der Waals surface area contributed by atoms with Gasteiger partial charge in [0.25, 0.3) is 0 Å². The first-order valence-corrected chi connectivity index (χ1v) is 10.5. The number of hydrogen-bond acceptors (Lipinski definition) is 3. The summed E-state index contributed by atoms with van der Waals surface area (Å²) >= 11 is 0. The van der Waals surface area contributed by atoms with Crippen molar-refractivity contribution >= 4 is 27.3 Å². The van der Waals surface area contributed by atoms with E-state index in [0.717, 1.165) is 12.8 Å². The lowest BCUT2D eigenvalue weighted by molar-refractivity contribution is -0.116. The highest BCUT2D eigenvalue weighted by Gasteiger charge is 2.28. The Bertz CT molecular complexity index is 876. The zero-order valence-corrected chi connectivity index (χ0v) is 15.8. The lowest BCUT2D eigenvalue weighted by Crippen LogP contribution is -2.24. The first-order valence-electron chi connectivity index (χ1n) is 8.90. The van der Waals surface area contributed by atoms with Gasteiger partial charge in [0.05, 0.1) is 11.4 Å². The van der Waals surface area contributed by atoms with E-state index in [9.17, 15) is 13.2 Å². The SMILES string of the molecule is Cc1ccccc1CCCC(=O)Nc1ccc(N2CCCS2(=O)=O)cc1. The van der Waals surface area contributed by atoms with Gasteiger partial charge in [-0.25, -0.2) is 8.42 Å². The van der Waals surface area contributed by atoms with Crippen LogP contribution in [-0.4, -0.2) is 26.6 Å². The molecular formula is C20H24N2O3S. The van der Waals surface area contributed by atoms with E-state index in [0.29, 0.717) is 30.8 Å². The van der Waals surface area contributed by atoms with Crippen LogP contribution < -0.4 is 9.62 Å². The monoisotopic (exact) mass is 372 g/mol. The molecule has 0 spiro atoms. The third kappa shape index (κ3) is 4.43. The maximum atomic E-state index is 12.1. The maximum Gasteiger partial charge on any atom is 0.235 e. The molecule has 0 unspecified atom stereocenters. The number of benzene rings is 2. The second kappa shape index (κ2) is 7.91. The molecule has 0 aliphatic carbocycles. The van der Waals surface area contributed by atoms with E-state index in [2.05, 4.69) is 24.4 Å². The fourth-order valence-corrected chi connectivity index (χ4v) is 4.76. The van der Waals surface area contributed by atoms with Crippen molar-refractivity contribution in [2.24, 2.45) is 0 Å². The Morgan fingerprint density at radius 3 is 2.50 bits per heavy atom. The van der Waals surface area contributed by atoms with Crippen molar-refractivity contribution in [3.05, 3.63) is 59.7 Å². The molecule has 3 rings (SSSR count). The first kappa shape index (κ1) is 18.5. The van der Waals surface area contributed by atoms with Gasteiger partial charge in [0, 0.05) is 18.7 Å². The van der Waals surface area contributed by atoms with E-state index in [4.69, 9.17) is 0 Å². The molecule has 1 N–H and O–H groups in total. The zero-order chi connectivity index (χ0) is 18.6. The summed E-state index contributed by atoms with van der Waals surface area (Å²) in [6.07, 6.45) is 2.78. The molecule has 0 radical (unpaired) electrons. The second-order valence-electron chi connectivity index (χ2n) is 6.62. The number of aryl methyl sites for hydroxylation is 2. The molecular weight excluding hydrogens is 348 g/mol. The molecule has 1 fully saturated rings. The molecule has 1 aliphatic heterocycles. The van der Waals surface area contributed by atoms with Gasteiger partial charge in [0.1, 0.15) is 0 Å².